The highest BCUT2D eigenvalue weighted by atomic mass is 32.2. The largest absolute Gasteiger partial charge is 0.493 e. The summed E-state index contributed by atoms with van der Waals surface area (Å²) >= 11 is 6.90. The molecule has 2 aliphatic rings. The van der Waals surface area contributed by atoms with Gasteiger partial charge in [0, 0.05) is 6.54 Å². The summed E-state index contributed by atoms with van der Waals surface area (Å²) in [6.45, 7) is 5.24. The molecule has 1 aliphatic heterocycles. The van der Waals surface area contributed by atoms with Crippen molar-refractivity contribution in [1.82, 2.24) is 4.90 Å². The molecule has 3 rings (SSSR count). The molecule has 0 atom stereocenters. The molecular formula is C22H29NO3S2. The van der Waals surface area contributed by atoms with E-state index < -0.39 is 0 Å². The van der Waals surface area contributed by atoms with E-state index in [1.54, 1.807) is 12.0 Å². The molecule has 0 radical (unpaired) electrons. The fourth-order valence-electron chi connectivity index (χ4n) is 3.88. The minimum Gasteiger partial charge on any atom is -0.493 e. The van der Waals surface area contributed by atoms with E-state index in [0.717, 1.165) is 30.0 Å². The lowest BCUT2D eigenvalue weighted by Gasteiger charge is -2.23. The molecule has 1 saturated carbocycles. The van der Waals surface area contributed by atoms with Gasteiger partial charge in [-0.2, -0.15) is 0 Å². The molecule has 0 bridgehead atoms. The standard InChI is InChI=1S/C22H29NO3S2/c1-4-26-19-13-17(15(2)12-18(19)25-3)14-20-21(24)23(22(27)28-20)11-10-16-8-6-5-7-9-16/h12-14,16H,4-11H2,1-3H3/b20-14-. The third-order valence-electron chi connectivity index (χ3n) is 5.50. The Morgan fingerprint density at radius 3 is 2.68 bits per heavy atom. The summed E-state index contributed by atoms with van der Waals surface area (Å²) in [6, 6.07) is 3.88. The van der Waals surface area contributed by atoms with Crippen molar-refractivity contribution in [2.45, 2.75) is 52.4 Å². The van der Waals surface area contributed by atoms with Gasteiger partial charge < -0.3 is 9.47 Å². The average molecular weight is 420 g/mol. The van der Waals surface area contributed by atoms with Crippen molar-refractivity contribution < 1.29 is 14.3 Å². The molecule has 0 aromatic heterocycles. The number of rotatable bonds is 7. The van der Waals surface area contributed by atoms with Crippen molar-refractivity contribution in [2.24, 2.45) is 5.92 Å². The van der Waals surface area contributed by atoms with Crippen LogP contribution in [0.1, 0.15) is 56.6 Å². The molecule has 1 heterocycles. The van der Waals surface area contributed by atoms with Crippen molar-refractivity contribution in [3.8, 4) is 11.5 Å². The zero-order valence-corrected chi connectivity index (χ0v) is 18.6. The molecule has 6 heteroatoms. The lowest BCUT2D eigenvalue weighted by atomic mass is 9.87. The van der Waals surface area contributed by atoms with Gasteiger partial charge in [0.1, 0.15) is 4.32 Å². The summed E-state index contributed by atoms with van der Waals surface area (Å²) in [5, 5.41) is 0. The van der Waals surface area contributed by atoms with Crippen molar-refractivity contribution in [1.29, 1.82) is 0 Å². The van der Waals surface area contributed by atoms with Gasteiger partial charge in [-0.25, -0.2) is 0 Å². The van der Waals surface area contributed by atoms with Crippen molar-refractivity contribution in [3.05, 3.63) is 28.2 Å². The number of hydrogen-bond acceptors (Lipinski definition) is 5. The molecule has 1 aliphatic carbocycles. The van der Waals surface area contributed by atoms with Crippen LogP contribution in [0.25, 0.3) is 6.08 Å². The third kappa shape index (κ3) is 4.90. The quantitative estimate of drug-likeness (QED) is 0.426. The van der Waals surface area contributed by atoms with Gasteiger partial charge in [-0.1, -0.05) is 56.1 Å². The number of thiocarbonyl (C=S) groups is 1. The van der Waals surface area contributed by atoms with Crippen molar-refractivity contribution in [2.75, 3.05) is 20.3 Å². The molecule has 152 valence electrons. The smallest absolute Gasteiger partial charge is 0.266 e. The summed E-state index contributed by atoms with van der Waals surface area (Å²) in [6.07, 6.45) is 9.55. The first-order valence-corrected chi connectivity index (χ1v) is 11.3. The molecular weight excluding hydrogens is 390 g/mol. The summed E-state index contributed by atoms with van der Waals surface area (Å²) in [4.78, 5) is 15.4. The number of carbonyl (C=O) groups excluding carboxylic acids is 1. The van der Waals surface area contributed by atoms with Crippen molar-refractivity contribution in [3.63, 3.8) is 0 Å². The molecule has 0 unspecified atom stereocenters. The molecule has 0 spiro atoms. The maximum Gasteiger partial charge on any atom is 0.266 e. The van der Waals surface area contributed by atoms with Crippen LogP contribution >= 0.6 is 24.0 Å². The Morgan fingerprint density at radius 2 is 2.00 bits per heavy atom. The van der Waals surface area contributed by atoms with Crippen LogP contribution in [-0.2, 0) is 4.79 Å². The number of thioether (sulfide) groups is 1. The molecule has 0 N–H and O–H groups in total. The normalized spacial score (nSPS) is 19.5. The lowest BCUT2D eigenvalue weighted by molar-refractivity contribution is -0.122. The van der Waals surface area contributed by atoms with Gasteiger partial charge in [0.05, 0.1) is 18.6 Å². The number of ether oxygens (including phenoxy) is 2. The Kier molecular flexibility index (Phi) is 7.41. The van der Waals surface area contributed by atoms with Crippen LogP contribution in [0.4, 0.5) is 0 Å². The number of nitrogens with zero attached hydrogens (tertiary/aromatic N) is 1. The first-order valence-electron chi connectivity index (χ1n) is 10.1. The van der Waals surface area contributed by atoms with Crippen LogP contribution in [0, 0.1) is 12.8 Å². The minimum atomic E-state index is 0.0268. The molecule has 28 heavy (non-hydrogen) atoms. The third-order valence-corrected chi connectivity index (χ3v) is 6.88. The van der Waals surface area contributed by atoms with Gasteiger partial charge in [0.25, 0.3) is 5.91 Å². The van der Waals surface area contributed by atoms with Gasteiger partial charge in [-0.3, -0.25) is 9.69 Å². The second-order valence-corrected chi connectivity index (χ2v) is 9.09. The van der Waals surface area contributed by atoms with E-state index in [9.17, 15) is 4.79 Å². The van der Waals surface area contributed by atoms with E-state index in [2.05, 4.69) is 0 Å². The highest BCUT2D eigenvalue weighted by Crippen LogP contribution is 2.37. The number of methoxy groups -OCH3 is 1. The summed E-state index contributed by atoms with van der Waals surface area (Å²) in [5.74, 6) is 2.16. The Hall–Kier alpha value is -1.53. The maximum atomic E-state index is 12.9. The number of benzene rings is 1. The highest BCUT2D eigenvalue weighted by Gasteiger charge is 2.32. The summed E-state index contributed by atoms with van der Waals surface area (Å²) in [5.41, 5.74) is 1.99. The van der Waals surface area contributed by atoms with Crippen molar-refractivity contribution >= 4 is 40.3 Å². The van der Waals surface area contributed by atoms with Crippen LogP contribution in [-0.4, -0.2) is 35.4 Å². The highest BCUT2D eigenvalue weighted by molar-refractivity contribution is 8.26. The predicted molar refractivity (Wildman–Crippen MR) is 120 cm³/mol. The molecule has 1 aromatic carbocycles. The molecule has 2 fully saturated rings. The monoisotopic (exact) mass is 419 g/mol. The topological polar surface area (TPSA) is 38.8 Å². The van der Waals surface area contributed by atoms with Gasteiger partial charge >= 0.3 is 0 Å². The molecule has 1 saturated heterocycles. The van der Waals surface area contributed by atoms with Gasteiger partial charge in [-0.15, -0.1) is 0 Å². The fraction of sp³-hybridized carbons (Fsp3) is 0.545. The molecule has 1 amide bonds. The number of carbonyl (C=O) groups is 1. The van der Waals surface area contributed by atoms with E-state index in [-0.39, 0.29) is 5.91 Å². The number of aryl methyl sites for hydroxylation is 1. The Labute approximate surface area is 177 Å². The second-order valence-electron chi connectivity index (χ2n) is 7.42. The van der Waals surface area contributed by atoms with Crippen LogP contribution in [0.3, 0.4) is 0 Å². The lowest BCUT2D eigenvalue weighted by Crippen LogP contribution is -2.30. The SMILES string of the molecule is CCOc1cc(/C=C2\SC(=S)N(CCC3CCCCC3)C2=O)c(C)cc1OC. The van der Waals surface area contributed by atoms with E-state index in [1.807, 2.05) is 32.1 Å². The van der Waals surface area contributed by atoms with Gasteiger partial charge in [0.15, 0.2) is 11.5 Å². The summed E-state index contributed by atoms with van der Waals surface area (Å²) in [7, 11) is 1.63. The minimum absolute atomic E-state index is 0.0268. The number of hydrogen-bond donors (Lipinski definition) is 0. The van der Waals surface area contributed by atoms with E-state index >= 15 is 0 Å². The van der Waals surface area contributed by atoms with Crippen LogP contribution in [0.5, 0.6) is 11.5 Å². The van der Waals surface area contributed by atoms with Crippen LogP contribution < -0.4 is 9.47 Å². The predicted octanol–water partition coefficient (Wildman–Crippen LogP) is 5.57. The van der Waals surface area contributed by atoms with Crippen LogP contribution in [0.15, 0.2) is 17.0 Å². The van der Waals surface area contributed by atoms with E-state index in [0.29, 0.717) is 27.3 Å². The van der Waals surface area contributed by atoms with E-state index in [1.165, 1.54) is 43.9 Å². The molecule has 4 nitrogen and oxygen atoms in total. The zero-order chi connectivity index (χ0) is 20.1. The maximum absolute atomic E-state index is 12.9. The first-order chi connectivity index (χ1) is 13.5. The summed E-state index contributed by atoms with van der Waals surface area (Å²) < 4.78 is 11.8. The fourth-order valence-corrected chi connectivity index (χ4v) is 5.18. The second kappa shape index (κ2) is 9.79. The first kappa shape index (κ1) is 21.2. The van der Waals surface area contributed by atoms with E-state index in [4.69, 9.17) is 21.7 Å². The van der Waals surface area contributed by atoms with Crippen LogP contribution in [0.2, 0.25) is 0 Å². The Balaban J connectivity index is 1.74. The zero-order valence-electron chi connectivity index (χ0n) is 17.0. The molecule has 1 aromatic rings. The Morgan fingerprint density at radius 1 is 1.25 bits per heavy atom. The van der Waals surface area contributed by atoms with Gasteiger partial charge in [-0.05, 0) is 55.5 Å². The Bertz CT molecular complexity index is 769. The average Bonchev–Trinajstić information content (AvgIpc) is 2.96. The van der Waals surface area contributed by atoms with Gasteiger partial charge in [0.2, 0.25) is 0 Å². The number of amides is 1.